The van der Waals surface area contributed by atoms with Crippen LogP contribution in [0.15, 0.2) is 46.9 Å². The Balaban J connectivity index is 2.15. The highest BCUT2D eigenvalue weighted by Crippen LogP contribution is 2.26. The molecule has 0 heterocycles. The lowest BCUT2D eigenvalue weighted by Crippen LogP contribution is -2.10. The third kappa shape index (κ3) is 3.54. The molecule has 0 saturated carbocycles. The first-order valence-corrected chi connectivity index (χ1v) is 7.56. The van der Waals surface area contributed by atoms with Crippen LogP contribution in [0.4, 0.5) is 11.4 Å². The second-order valence-electron chi connectivity index (χ2n) is 5.31. The summed E-state index contributed by atoms with van der Waals surface area (Å²) in [5.41, 5.74) is 4.96. The molecular formula is C17H21BrN2. The zero-order valence-corrected chi connectivity index (χ0v) is 14.0. The molecule has 1 atom stereocenters. The highest BCUT2D eigenvalue weighted by atomic mass is 79.9. The Labute approximate surface area is 129 Å². The SMILES string of the molecule is Cc1cc(N(C)C)ccc1NC(C)c1ccc(Br)cc1. The Hall–Kier alpha value is -1.48. The smallest absolute Gasteiger partial charge is 0.0485 e. The van der Waals surface area contributed by atoms with E-state index in [0.717, 1.165) is 4.47 Å². The standard InChI is InChI=1S/C17H21BrN2/c1-12-11-16(20(3)4)9-10-17(12)19-13(2)14-5-7-15(18)8-6-14/h5-11,13,19H,1-4H3. The summed E-state index contributed by atoms with van der Waals surface area (Å²) < 4.78 is 1.11. The third-order valence-corrected chi connectivity index (χ3v) is 4.00. The van der Waals surface area contributed by atoms with Gasteiger partial charge in [-0.1, -0.05) is 28.1 Å². The zero-order chi connectivity index (χ0) is 14.7. The average Bonchev–Trinajstić information content (AvgIpc) is 2.41. The molecule has 0 spiro atoms. The van der Waals surface area contributed by atoms with Crippen LogP contribution in [-0.2, 0) is 0 Å². The van der Waals surface area contributed by atoms with Gasteiger partial charge in [0, 0.05) is 36.0 Å². The molecule has 0 amide bonds. The van der Waals surface area contributed by atoms with Crippen molar-refractivity contribution >= 4 is 27.3 Å². The van der Waals surface area contributed by atoms with Gasteiger partial charge >= 0.3 is 0 Å². The molecule has 0 bridgehead atoms. The Morgan fingerprint density at radius 1 is 1.05 bits per heavy atom. The molecule has 0 aliphatic carbocycles. The number of benzene rings is 2. The van der Waals surface area contributed by atoms with Gasteiger partial charge < -0.3 is 10.2 Å². The zero-order valence-electron chi connectivity index (χ0n) is 12.4. The van der Waals surface area contributed by atoms with Crippen molar-refractivity contribution in [3.8, 4) is 0 Å². The molecule has 106 valence electrons. The molecule has 0 aliphatic heterocycles. The van der Waals surface area contributed by atoms with Crippen LogP contribution < -0.4 is 10.2 Å². The van der Waals surface area contributed by atoms with Gasteiger partial charge in [0.15, 0.2) is 0 Å². The molecule has 3 heteroatoms. The lowest BCUT2D eigenvalue weighted by atomic mass is 10.1. The van der Waals surface area contributed by atoms with E-state index in [-0.39, 0.29) is 6.04 Å². The summed E-state index contributed by atoms with van der Waals surface area (Å²) in [4.78, 5) is 2.12. The Bertz CT molecular complexity index is 576. The minimum atomic E-state index is 0.284. The summed E-state index contributed by atoms with van der Waals surface area (Å²) in [6.07, 6.45) is 0. The second-order valence-corrected chi connectivity index (χ2v) is 6.23. The number of nitrogens with zero attached hydrogens (tertiary/aromatic N) is 1. The molecule has 0 aromatic heterocycles. The van der Waals surface area contributed by atoms with Crippen LogP contribution in [-0.4, -0.2) is 14.1 Å². The molecule has 2 aromatic rings. The monoisotopic (exact) mass is 332 g/mol. The van der Waals surface area contributed by atoms with Gasteiger partial charge in [-0.2, -0.15) is 0 Å². The average molecular weight is 333 g/mol. The van der Waals surface area contributed by atoms with E-state index in [1.807, 2.05) is 0 Å². The maximum atomic E-state index is 3.58. The van der Waals surface area contributed by atoms with Crippen LogP contribution in [0.5, 0.6) is 0 Å². The van der Waals surface area contributed by atoms with Crippen LogP contribution in [0.3, 0.4) is 0 Å². The Morgan fingerprint density at radius 3 is 2.25 bits per heavy atom. The van der Waals surface area contributed by atoms with E-state index in [0.29, 0.717) is 0 Å². The third-order valence-electron chi connectivity index (χ3n) is 3.47. The number of rotatable bonds is 4. The molecule has 2 aromatic carbocycles. The number of halogens is 1. The fourth-order valence-corrected chi connectivity index (χ4v) is 2.42. The van der Waals surface area contributed by atoms with Crippen LogP contribution >= 0.6 is 15.9 Å². The Morgan fingerprint density at radius 2 is 1.70 bits per heavy atom. The van der Waals surface area contributed by atoms with Crippen molar-refractivity contribution in [2.45, 2.75) is 19.9 Å². The Kier molecular flexibility index (Phi) is 4.71. The summed E-state index contributed by atoms with van der Waals surface area (Å²) in [5.74, 6) is 0. The molecule has 1 unspecified atom stereocenters. The van der Waals surface area contributed by atoms with Crippen LogP contribution in [0, 0.1) is 6.92 Å². The summed E-state index contributed by atoms with van der Waals surface area (Å²) in [7, 11) is 4.12. The molecule has 0 radical (unpaired) electrons. The summed E-state index contributed by atoms with van der Waals surface area (Å²) in [6, 6.07) is 15.2. The predicted octanol–water partition coefficient (Wildman–Crippen LogP) is 5.00. The van der Waals surface area contributed by atoms with E-state index in [1.165, 1.54) is 22.5 Å². The van der Waals surface area contributed by atoms with E-state index in [2.05, 4.69) is 96.6 Å². The van der Waals surface area contributed by atoms with Gasteiger partial charge in [-0.3, -0.25) is 0 Å². The highest BCUT2D eigenvalue weighted by molar-refractivity contribution is 9.10. The largest absolute Gasteiger partial charge is 0.378 e. The van der Waals surface area contributed by atoms with E-state index < -0.39 is 0 Å². The van der Waals surface area contributed by atoms with Crippen molar-refractivity contribution < 1.29 is 0 Å². The lowest BCUT2D eigenvalue weighted by Gasteiger charge is -2.20. The van der Waals surface area contributed by atoms with Gasteiger partial charge in [0.1, 0.15) is 0 Å². The number of nitrogens with one attached hydrogen (secondary N) is 1. The van der Waals surface area contributed by atoms with Crippen molar-refractivity contribution in [2.75, 3.05) is 24.3 Å². The molecule has 0 saturated heterocycles. The molecular weight excluding hydrogens is 312 g/mol. The van der Waals surface area contributed by atoms with Crippen molar-refractivity contribution in [2.24, 2.45) is 0 Å². The second kappa shape index (κ2) is 6.31. The van der Waals surface area contributed by atoms with Crippen LogP contribution in [0.2, 0.25) is 0 Å². The first kappa shape index (κ1) is 14.9. The van der Waals surface area contributed by atoms with Crippen LogP contribution in [0.1, 0.15) is 24.1 Å². The van der Waals surface area contributed by atoms with E-state index in [9.17, 15) is 0 Å². The van der Waals surface area contributed by atoms with Crippen molar-refractivity contribution in [3.63, 3.8) is 0 Å². The molecule has 2 rings (SSSR count). The fourth-order valence-electron chi connectivity index (χ4n) is 2.16. The van der Waals surface area contributed by atoms with E-state index >= 15 is 0 Å². The molecule has 20 heavy (non-hydrogen) atoms. The van der Waals surface area contributed by atoms with Gasteiger partial charge in [0.25, 0.3) is 0 Å². The van der Waals surface area contributed by atoms with Gasteiger partial charge in [-0.15, -0.1) is 0 Å². The minimum Gasteiger partial charge on any atom is -0.378 e. The first-order valence-electron chi connectivity index (χ1n) is 6.77. The number of hydrogen-bond donors (Lipinski definition) is 1. The quantitative estimate of drug-likeness (QED) is 0.847. The molecule has 0 fully saturated rings. The molecule has 2 nitrogen and oxygen atoms in total. The maximum Gasteiger partial charge on any atom is 0.0485 e. The molecule has 1 N–H and O–H groups in total. The summed E-state index contributed by atoms with van der Waals surface area (Å²) >= 11 is 3.47. The fraction of sp³-hybridized carbons (Fsp3) is 0.294. The number of hydrogen-bond acceptors (Lipinski definition) is 2. The number of aryl methyl sites for hydroxylation is 1. The maximum absolute atomic E-state index is 3.58. The summed E-state index contributed by atoms with van der Waals surface area (Å²) in [6.45, 7) is 4.33. The summed E-state index contributed by atoms with van der Waals surface area (Å²) in [5, 5.41) is 3.58. The van der Waals surface area contributed by atoms with Crippen molar-refractivity contribution in [1.82, 2.24) is 0 Å². The predicted molar refractivity (Wildman–Crippen MR) is 91.7 cm³/mol. The van der Waals surface area contributed by atoms with Gasteiger partial charge in [-0.25, -0.2) is 0 Å². The van der Waals surface area contributed by atoms with Crippen molar-refractivity contribution in [3.05, 3.63) is 58.1 Å². The first-order chi connectivity index (χ1) is 9.47. The topological polar surface area (TPSA) is 15.3 Å². The molecule has 0 aliphatic rings. The lowest BCUT2D eigenvalue weighted by molar-refractivity contribution is 0.882. The van der Waals surface area contributed by atoms with Crippen molar-refractivity contribution in [1.29, 1.82) is 0 Å². The van der Waals surface area contributed by atoms with Gasteiger partial charge in [-0.05, 0) is 55.3 Å². The van der Waals surface area contributed by atoms with E-state index in [1.54, 1.807) is 0 Å². The van der Waals surface area contributed by atoms with Gasteiger partial charge in [0.2, 0.25) is 0 Å². The van der Waals surface area contributed by atoms with Crippen LogP contribution in [0.25, 0.3) is 0 Å². The number of anilines is 2. The van der Waals surface area contributed by atoms with Gasteiger partial charge in [0.05, 0.1) is 0 Å². The normalized spacial score (nSPS) is 12.1. The van der Waals surface area contributed by atoms with E-state index in [4.69, 9.17) is 0 Å². The minimum absolute atomic E-state index is 0.284. The highest BCUT2D eigenvalue weighted by Gasteiger charge is 2.07.